The summed E-state index contributed by atoms with van der Waals surface area (Å²) < 4.78 is 5.07. The molecule has 3 aromatic rings. The Hall–Kier alpha value is -3.27. The van der Waals surface area contributed by atoms with Crippen molar-refractivity contribution in [3.63, 3.8) is 0 Å². The lowest BCUT2D eigenvalue weighted by Gasteiger charge is -2.06. The molecule has 0 fully saturated rings. The Labute approximate surface area is 158 Å². The molecule has 136 valence electrons. The second-order valence-electron chi connectivity index (χ2n) is 6.56. The highest BCUT2D eigenvalue weighted by Gasteiger charge is 2.09. The molecule has 0 aliphatic carbocycles. The predicted molar refractivity (Wildman–Crippen MR) is 107 cm³/mol. The second-order valence-corrected chi connectivity index (χ2v) is 6.56. The summed E-state index contributed by atoms with van der Waals surface area (Å²) in [5.74, 6) is -0.380. The van der Waals surface area contributed by atoms with E-state index >= 15 is 0 Å². The number of fused-ring (bicyclic) bond motifs is 1. The SMILES string of the molecule is CC(C)c1ccc(C(=O)COC(=O)/C=C/c2cccc3cccnc23)cc1. The first-order valence-corrected chi connectivity index (χ1v) is 8.86. The van der Waals surface area contributed by atoms with E-state index in [4.69, 9.17) is 4.74 Å². The lowest BCUT2D eigenvalue weighted by molar-refractivity contribution is -0.136. The third kappa shape index (κ3) is 4.67. The number of carbonyl (C=O) groups is 2. The van der Waals surface area contributed by atoms with Gasteiger partial charge in [-0.25, -0.2) is 4.79 Å². The Morgan fingerprint density at radius 1 is 1.04 bits per heavy atom. The van der Waals surface area contributed by atoms with Gasteiger partial charge in [-0.3, -0.25) is 9.78 Å². The van der Waals surface area contributed by atoms with E-state index in [1.54, 1.807) is 24.4 Å². The average Bonchev–Trinajstić information content (AvgIpc) is 2.70. The third-order valence-electron chi connectivity index (χ3n) is 4.31. The zero-order valence-electron chi connectivity index (χ0n) is 15.4. The number of nitrogens with zero attached hydrogens (tertiary/aromatic N) is 1. The smallest absolute Gasteiger partial charge is 0.331 e. The van der Waals surface area contributed by atoms with Crippen LogP contribution in [0.4, 0.5) is 0 Å². The fourth-order valence-corrected chi connectivity index (χ4v) is 2.74. The summed E-state index contributed by atoms with van der Waals surface area (Å²) in [4.78, 5) is 28.5. The first-order chi connectivity index (χ1) is 13.0. The highest BCUT2D eigenvalue weighted by atomic mass is 16.5. The van der Waals surface area contributed by atoms with Crippen molar-refractivity contribution in [2.45, 2.75) is 19.8 Å². The summed E-state index contributed by atoms with van der Waals surface area (Å²) >= 11 is 0. The Morgan fingerprint density at radius 2 is 1.78 bits per heavy atom. The zero-order chi connectivity index (χ0) is 19.2. The summed E-state index contributed by atoms with van der Waals surface area (Å²) in [6, 6.07) is 16.9. The molecular formula is C23H21NO3. The van der Waals surface area contributed by atoms with Crippen molar-refractivity contribution in [2.24, 2.45) is 0 Å². The van der Waals surface area contributed by atoms with Crippen LogP contribution in [0.3, 0.4) is 0 Å². The van der Waals surface area contributed by atoms with Gasteiger partial charge < -0.3 is 4.74 Å². The first-order valence-electron chi connectivity index (χ1n) is 8.86. The van der Waals surface area contributed by atoms with E-state index in [0.717, 1.165) is 22.0 Å². The van der Waals surface area contributed by atoms with Crippen molar-refractivity contribution < 1.29 is 14.3 Å². The molecule has 1 heterocycles. The van der Waals surface area contributed by atoms with Crippen LogP contribution in [-0.4, -0.2) is 23.3 Å². The molecule has 0 spiro atoms. The molecule has 0 saturated carbocycles. The molecule has 3 rings (SSSR count). The zero-order valence-corrected chi connectivity index (χ0v) is 15.4. The lowest BCUT2D eigenvalue weighted by atomic mass is 10.0. The number of ketones is 1. The van der Waals surface area contributed by atoms with Crippen LogP contribution in [0.2, 0.25) is 0 Å². The number of ether oxygens (including phenoxy) is 1. The number of Topliss-reactive ketones (excluding diaryl/α,β-unsaturated/α-hetero) is 1. The molecule has 0 atom stereocenters. The van der Waals surface area contributed by atoms with Crippen LogP contribution in [0.1, 0.15) is 41.3 Å². The number of hydrogen-bond donors (Lipinski definition) is 0. The number of para-hydroxylation sites is 1. The van der Waals surface area contributed by atoms with Crippen molar-refractivity contribution in [1.29, 1.82) is 0 Å². The fourth-order valence-electron chi connectivity index (χ4n) is 2.74. The minimum atomic E-state index is -0.560. The summed E-state index contributed by atoms with van der Waals surface area (Å²) in [5, 5.41) is 0.994. The molecule has 0 amide bonds. The van der Waals surface area contributed by atoms with E-state index in [2.05, 4.69) is 18.8 Å². The molecular weight excluding hydrogens is 338 g/mol. The molecule has 0 radical (unpaired) electrons. The van der Waals surface area contributed by atoms with E-state index < -0.39 is 5.97 Å². The maximum atomic E-state index is 12.2. The molecule has 0 aliphatic rings. The summed E-state index contributed by atoms with van der Waals surface area (Å²) in [7, 11) is 0. The molecule has 0 bridgehead atoms. The molecule has 2 aromatic carbocycles. The van der Waals surface area contributed by atoms with Gasteiger partial charge in [-0.05, 0) is 23.6 Å². The van der Waals surface area contributed by atoms with E-state index in [1.165, 1.54) is 6.08 Å². The lowest BCUT2D eigenvalue weighted by Crippen LogP contribution is -2.12. The van der Waals surface area contributed by atoms with Crippen LogP contribution in [0.15, 0.2) is 66.9 Å². The highest BCUT2D eigenvalue weighted by molar-refractivity contribution is 5.99. The molecule has 4 nitrogen and oxygen atoms in total. The highest BCUT2D eigenvalue weighted by Crippen LogP contribution is 2.17. The molecule has 1 aromatic heterocycles. The van der Waals surface area contributed by atoms with Crippen LogP contribution in [0.25, 0.3) is 17.0 Å². The fraction of sp³-hybridized carbons (Fsp3) is 0.174. The maximum Gasteiger partial charge on any atom is 0.331 e. The average molecular weight is 359 g/mol. The Morgan fingerprint density at radius 3 is 2.52 bits per heavy atom. The van der Waals surface area contributed by atoms with Gasteiger partial charge in [0.15, 0.2) is 12.4 Å². The topological polar surface area (TPSA) is 56.3 Å². The summed E-state index contributed by atoms with van der Waals surface area (Å²) in [6.45, 7) is 3.91. The number of hydrogen-bond acceptors (Lipinski definition) is 4. The number of rotatable bonds is 6. The Bertz CT molecular complexity index is 983. The minimum Gasteiger partial charge on any atom is -0.454 e. The van der Waals surface area contributed by atoms with Gasteiger partial charge >= 0.3 is 5.97 Å². The Balaban J connectivity index is 1.60. The van der Waals surface area contributed by atoms with Gasteiger partial charge in [-0.1, -0.05) is 62.4 Å². The standard InChI is InChI=1S/C23H21NO3/c1-16(2)17-8-10-18(11-9-17)21(25)15-27-22(26)13-12-20-6-3-5-19-7-4-14-24-23(19)20/h3-14,16H,15H2,1-2H3/b13-12+. The molecule has 0 unspecified atom stereocenters. The van der Waals surface area contributed by atoms with E-state index in [9.17, 15) is 9.59 Å². The summed E-state index contributed by atoms with van der Waals surface area (Å²) in [6.07, 6.45) is 4.68. The molecule has 0 N–H and O–H groups in total. The number of benzene rings is 2. The third-order valence-corrected chi connectivity index (χ3v) is 4.31. The van der Waals surface area contributed by atoms with Crippen LogP contribution in [-0.2, 0) is 9.53 Å². The number of esters is 1. The van der Waals surface area contributed by atoms with Gasteiger partial charge in [0.05, 0.1) is 5.52 Å². The largest absolute Gasteiger partial charge is 0.454 e. The molecule has 27 heavy (non-hydrogen) atoms. The van der Waals surface area contributed by atoms with Gasteiger partial charge in [0.25, 0.3) is 0 Å². The van der Waals surface area contributed by atoms with Crippen LogP contribution >= 0.6 is 0 Å². The van der Waals surface area contributed by atoms with Gasteiger partial charge in [0.1, 0.15) is 0 Å². The van der Waals surface area contributed by atoms with E-state index in [-0.39, 0.29) is 12.4 Å². The number of aromatic nitrogens is 1. The normalized spacial score (nSPS) is 11.2. The molecule has 0 saturated heterocycles. The molecule has 4 heteroatoms. The van der Waals surface area contributed by atoms with Crippen LogP contribution < -0.4 is 0 Å². The van der Waals surface area contributed by atoms with Crippen molar-refractivity contribution in [3.05, 3.63) is 83.6 Å². The quantitative estimate of drug-likeness (QED) is 0.360. The molecule has 0 aliphatic heterocycles. The van der Waals surface area contributed by atoms with Gasteiger partial charge in [-0.2, -0.15) is 0 Å². The monoisotopic (exact) mass is 359 g/mol. The maximum absolute atomic E-state index is 12.2. The summed E-state index contributed by atoms with van der Waals surface area (Å²) in [5.41, 5.74) is 3.33. The number of pyridine rings is 1. The van der Waals surface area contributed by atoms with Gasteiger partial charge in [0.2, 0.25) is 0 Å². The van der Waals surface area contributed by atoms with Crippen LogP contribution in [0, 0.1) is 0 Å². The second kappa shape index (κ2) is 8.41. The van der Waals surface area contributed by atoms with Crippen LogP contribution in [0.5, 0.6) is 0 Å². The first kappa shape index (κ1) is 18.5. The number of carbonyl (C=O) groups excluding carboxylic acids is 2. The van der Waals surface area contributed by atoms with Gasteiger partial charge in [-0.15, -0.1) is 0 Å². The van der Waals surface area contributed by atoms with E-state index in [0.29, 0.717) is 11.5 Å². The van der Waals surface area contributed by atoms with Gasteiger partial charge in [0, 0.05) is 28.8 Å². The van der Waals surface area contributed by atoms with Crippen molar-refractivity contribution >= 4 is 28.7 Å². The van der Waals surface area contributed by atoms with Crippen molar-refractivity contribution in [3.8, 4) is 0 Å². The van der Waals surface area contributed by atoms with E-state index in [1.807, 2.05) is 42.5 Å². The van der Waals surface area contributed by atoms with Crippen molar-refractivity contribution in [2.75, 3.05) is 6.61 Å². The Kier molecular flexibility index (Phi) is 5.77. The minimum absolute atomic E-state index is 0.223. The predicted octanol–water partition coefficient (Wildman–Crippen LogP) is 4.80. The van der Waals surface area contributed by atoms with Crippen molar-refractivity contribution in [1.82, 2.24) is 4.98 Å².